The number of hydrogen-bond acceptors (Lipinski definition) is 4. The molecule has 4 saturated carbocycles. The van der Waals surface area contributed by atoms with Gasteiger partial charge in [0.05, 0.1) is 0 Å². The van der Waals surface area contributed by atoms with Crippen molar-refractivity contribution in [1.29, 1.82) is 0 Å². The fourth-order valence-electron chi connectivity index (χ4n) is 4.99. The highest BCUT2D eigenvalue weighted by molar-refractivity contribution is 9.10. The van der Waals surface area contributed by atoms with E-state index in [0.29, 0.717) is 11.8 Å². The molecule has 4 bridgehead atoms. The van der Waals surface area contributed by atoms with E-state index in [-0.39, 0.29) is 9.90 Å². The Hall–Kier alpha value is -0.840. The minimum atomic E-state index is -1.15. The summed E-state index contributed by atoms with van der Waals surface area (Å²) in [4.78, 5) is 24.7. The second kappa shape index (κ2) is 4.12. The Balaban J connectivity index is 1.76. The predicted octanol–water partition coefficient (Wildman–Crippen LogP) is 3.09. The van der Waals surface area contributed by atoms with Crippen molar-refractivity contribution in [3.8, 4) is 0 Å². The number of carbonyl (C=O) groups excluding carboxylic acids is 2. The molecule has 0 radical (unpaired) electrons. The summed E-state index contributed by atoms with van der Waals surface area (Å²) in [6.07, 6.45) is 5.44. The van der Waals surface area contributed by atoms with Crippen LogP contribution in [0.5, 0.6) is 0 Å². The highest BCUT2D eigenvalue weighted by Gasteiger charge is 2.55. The lowest BCUT2D eigenvalue weighted by Gasteiger charge is -2.56. The first-order valence-corrected chi connectivity index (χ1v) is 8.45. The molecule has 0 amide bonds. The fourth-order valence-corrected chi connectivity index (χ4v) is 6.23. The molecule has 4 atom stereocenters. The van der Waals surface area contributed by atoms with Gasteiger partial charge in [-0.25, -0.2) is 9.59 Å². The Morgan fingerprint density at radius 3 is 2.00 bits per heavy atom. The van der Waals surface area contributed by atoms with Crippen LogP contribution in [-0.4, -0.2) is 22.0 Å². The molecule has 114 valence electrons. The molecule has 4 nitrogen and oxygen atoms in total. The van der Waals surface area contributed by atoms with Gasteiger partial charge in [-0.05, 0) is 55.4 Å². The Morgan fingerprint density at radius 1 is 1.00 bits per heavy atom. The molecule has 0 N–H and O–H groups in total. The van der Waals surface area contributed by atoms with Gasteiger partial charge in [-0.15, -0.1) is 0 Å². The minimum Gasteiger partial charge on any atom is -0.419 e. The fraction of sp³-hybridized carbons (Fsp3) is 0.750. The van der Waals surface area contributed by atoms with Crippen LogP contribution >= 0.6 is 15.9 Å². The van der Waals surface area contributed by atoms with E-state index in [1.165, 1.54) is 6.42 Å². The zero-order chi connectivity index (χ0) is 15.0. The summed E-state index contributed by atoms with van der Waals surface area (Å²) in [5.74, 6) is -0.775. The van der Waals surface area contributed by atoms with Gasteiger partial charge in [-0.2, -0.15) is 0 Å². The molecule has 1 aliphatic heterocycles. The number of alkyl halides is 1. The summed E-state index contributed by atoms with van der Waals surface area (Å²) >= 11 is 3.90. The maximum Gasteiger partial charge on any atom is 0.348 e. The van der Waals surface area contributed by atoms with Crippen molar-refractivity contribution in [2.45, 2.75) is 56.1 Å². The molecule has 4 aliphatic carbocycles. The summed E-state index contributed by atoms with van der Waals surface area (Å²) in [7, 11) is 0. The van der Waals surface area contributed by atoms with Crippen molar-refractivity contribution in [2.24, 2.45) is 17.8 Å². The van der Waals surface area contributed by atoms with Gasteiger partial charge < -0.3 is 9.47 Å². The van der Waals surface area contributed by atoms with Gasteiger partial charge in [0.2, 0.25) is 0 Å². The molecule has 0 aromatic carbocycles. The number of cyclic esters (lactones) is 2. The van der Waals surface area contributed by atoms with E-state index < -0.39 is 17.7 Å². The number of halogens is 1. The lowest BCUT2D eigenvalue weighted by atomic mass is 9.53. The van der Waals surface area contributed by atoms with Gasteiger partial charge in [-0.1, -0.05) is 15.9 Å². The van der Waals surface area contributed by atoms with Crippen molar-refractivity contribution >= 4 is 27.9 Å². The first-order valence-electron chi connectivity index (χ1n) is 7.66. The quantitative estimate of drug-likeness (QED) is 0.290. The Labute approximate surface area is 132 Å². The summed E-state index contributed by atoms with van der Waals surface area (Å²) in [5.41, 5.74) is 1.21. The second-order valence-corrected chi connectivity index (χ2v) is 9.19. The van der Waals surface area contributed by atoms with Crippen molar-refractivity contribution in [3.63, 3.8) is 0 Å². The molecule has 5 heteroatoms. The maximum atomic E-state index is 12.3. The van der Waals surface area contributed by atoms with Gasteiger partial charge in [-0.3, -0.25) is 0 Å². The van der Waals surface area contributed by atoms with E-state index >= 15 is 0 Å². The third-order valence-electron chi connectivity index (χ3n) is 5.37. The number of hydrogen-bond donors (Lipinski definition) is 0. The van der Waals surface area contributed by atoms with Crippen LogP contribution in [0.15, 0.2) is 11.1 Å². The number of allylic oxidation sites excluding steroid dienone is 1. The SMILES string of the molecule is CC1(C)OC(=O)C(=C2[C@@H]3CC4C[C@H]2CC(Br)(C4)C3)C(=O)O1. The summed E-state index contributed by atoms with van der Waals surface area (Å²) in [5, 5.41) is 0. The predicted molar refractivity (Wildman–Crippen MR) is 78.5 cm³/mol. The van der Waals surface area contributed by atoms with Crippen LogP contribution in [-0.2, 0) is 19.1 Å². The Bertz CT molecular complexity index is 537. The van der Waals surface area contributed by atoms with Gasteiger partial charge in [0.15, 0.2) is 0 Å². The van der Waals surface area contributed by atoms with Gasteiger partial charge in [0.1, 0.15) is 5.57 Å². The van der Waals surface area contributed by atoms with Crippen LogP contribution in [0.2, 0.25) is 0 Å². The molecule has 5 rings (SSSR count). The van der Waals surface area contributed by atoms with Gasteiger partial charge in [0, 0.05) is 18.2 Å². The standard InChI is InChI=1S/C16H19BrO4/c1-15(2)20-13(18)12(14(19)21-15)11-9-3-8-4-10(11)7-16(17,5-8)6-9/h8-10H,3-7H2,1-2H3/t8?,9-,10+,16?. The van der Waals surface area contributed by atoms with Crippen molar-refractivity contribution in [2.75, 3.05) is 0 Å². The minimum absolute atomic E-state index is 0.194. The molecular formula is C16H19BrO4. The number of esters is 2. The topological polar surface area (TPSA) is 52.6 Å². The number of carbonyl (C=O) groups is 2. The average Bonchev–Trinajstić information content (AvgIpc) is 2.27. The van der Waals surface area contributed by atoms with E-state index in [4.69, 9.17) is 9.47 Å². The van der Waals surface area contributed by atoms with Crippen LogP contribution in [0.25, 0.3) is 0 Å². The van der Waals surface area contributed by atoms with E-state index in [9.17, 15) is 9.59 Å². The van der Waals surface area contributed by atoms with Crippen molar-refractivity contribution in [3.05, 3.63) is 11.1 Å². The first kappa shape index (κ1) is 13.8. The monoisotopic (exact) mass is 354 g/mol. The third kappa shape index (κ3) is 2.07. The summed E-state index contributed by atoms with van der Waals surface area (Å²) in [6, 6.07) is 0. The van der Waals surface area contributed by atoms with E-state index in [1.54, 1.807) is 13.8 Å². The normalized spacial score (nSPS) is 43.9. The molecule has 2 unspecified atom stereocenters. The van der Waals surface area contributed by atoms with Crippen LogP contribution < -0.4 is 0 Å². The molecule has 0 aromatic heterocycles. The highest BCUT2D eigenvalue weighted by Crippen LogP contribution is 2.62. The molecule has 1 saturated heterocycles. The summed E-state index contributed by atoms with van der Waals surface area (Å²) < 4.78 is 10.8. The molecule has 21 heavy (non-hydrogen) atoms. The summed E-state index contributed by atoms with van der Waals surface area (Å²) in [6.45, 7) is 3.18. The van der Waals surface area contributed by atoms with Crippen molar-refractivity contribution in [1.82, 2.24) is 0 Å². The van der Waals surface area contributed by atoms with Crippen LogP contribution in [0.1, 0.15) is 46.0 Å². The molecule has 5 aliphatic rings. The van der Waals surface area contributed by atoms with Gasteiger partial charge >= 0.3 is 11.9 Å². The highest BCUT2D eigenvalue weighted by atomic mass is 79.9. The largest absolute Gasteiger partial charge is 0.419 e. The van der Waals surface area contributed by atoms with Crippen LogP contribution in [0.4, 0.5) is 0 Å². The van der Waals surface area contributed by atoms with Crippen LogP contribution in [0, 0.1) is 17.8 Å². The van der Waals surface area contributed by atoms with E-state index in [1.807, 2.05) is 0 Å². The molecule has 1 heterocycles. The van der Waals surface area contributed by atoms with E-state index in [2.05, 4.69) is 15.9 Å². The Kier molecular flexibility index (Phi) is 2.71. The number of ether oxygens (including phenoxy) is 2. The third-order valence-corrected chi connectivity index (χ3v) is 6.34. The van der Waals surface area contributed by atoms with Crippen LogP contribution in [0.3, 0.4) is 0 Å². The lowest BCUT2D eigenvalue weighted by Crippen LogP contribution is -2.51. The smallest absolute Gasteiger partial charge is 0.348 e. The van der Waals surface area contributed by atoms with Crippen molar-refractivity contribution < 1.29 is 19.1 Å². The van der Waals surface area contributed by atoms with E-state index in [0.717, 1.165) is 37.2 Å². The zero-order valence-corrected chi connectivity index (χ0v) is 13.9. The zero-order valence-electron chi connectivity index (χ0n) is 12.3. The molecule has 5 fully saturated rings. The first-order chi connectivity index (χ1) is 9.76. The molecular weight excluding hydrogens is 336 g/mol. The van der Waals surface area contributed by atoms with Gasteiger partial charge in [0.25, 0.3) is 5.79 Å². The molecule has 0 spiro atoms. The second-order valence-electron chi connectivity index (χ2n) is 7.50. The lowest BCUT2D eigenvalue weighted by molar-refractivity contribution is -0.222. The maximum absolute atomic E-state index is 12.3. The average molecular weight is 355 g/mol. The molecule has 0 aromatic rings. The number of rotatable bonds is 0. The Morgan fingerprint density at radius 2 is 1.52 bits per heavy atom.